The standard InChI is InChI=1S/C16H18INO2/c1-11-4-3-5-12(2)16(11)20-15-8-18(7-6-14(15)17)13-9-19-10-13/h3-6,8,13H,7,9-10H2,1-2H3. The number of halogens is 1. The lowest BCUT2D eigenvalue weighted by Gasteiger charge is -2.37. The summed E-state index contributed by atoms with van der Waals surface area (Å²) < 4.78 is 12.6. The fourth-order valence-electron chi connectivity index (χ4n) is 2.37. The summed E-state index contributed by atoms with van der Waals surface area (Å²) in [7, 11) is 0. The normalized spacial score (nSPS) is 19.2. The van der Waals surface area contributed by atoms with Crippen LogP contribution < -0.4 is 4.74 Å². The Hall–Kier alpha value is -1.01. The number of allylic oxidation sites excluding steroid dienone is 1. The zero-order valence-corrected chi connectivity index (χ0v) is 13.9. The number of aryl methyl sites for hydroxylation is 2. The van der Waals surface area contributed by atoms with Gasteiger partial charge in [-0.15, -0.1) is 0 Å². The summed E-state index contributed by atoms with van der Waals surface area (Å²) in [6, 6.07) is 6.72. The molecule has 0 atom stereocenters. The molecule has 3 nitrogen and oxygen atoms in total. The van der Waals surface area contributed by atoms with E-state index in [-0.39, 0.29) is 0 Å². The van der Waals surface area contributed by atoms with Crippen LogP contribution in [-0.4, -0.2) is 30.7 Å². The van der Waals surface area contributed by atoms with Gasteiger partial charge in [-0.05, 0) is 53.6 Å². The van der Waals surface area contributed by atoms with Gasteiger partial charge in [0.25, 0.3) is 0 Å². The molecule has 0 radical (unpaired) electrons. The first-order valence-electron chi connectivity index (χ1n) is 6.80. The molecule has 0 unspecified atom stereocenters. The molecule has 0 amide bonds. The van der Waals surface area contributed by atoms with Gasteiger partial charge in [-0.3, -0.25) is 0 Å². The van der Waals surface area contributed by atoms with Crippen LogP contribution in [0, 0.1) is 13.8 Å². The number of ether oxygens (including phenoxy) is 2. The van der Waals surface area contributed by atoms with Gasteiger partial charge >= 0.3 is 0 Å². The molecule has 20 heavy (non-hydrogen) atoms. The smallest absolute Gasteiger partial charge is 0.156 e. The van der Waals surface area contributed by atoms with Crippen LogP contribution in [0.4, 0.5) is 0 Å². The van der Waals surface area contributed by atoms with Crippen molar-refractivity contribution in [1.82, 2.24) is 4.90 Å². The summed E-state index contributed by atoms with van der Waals surface area (Å²) in [4.78, 5) is 2.30. The molecule has 0 bridgehead atoms. The molecule has 0 spiro atoms. The van der Waals surface area contributed by atoms with Crippen LogP contribution in [-0.2, 0) is 4.74 Å². The Morgan fingerprint density at radius 3 is 2.55 bits per heavy atom. The summed E-state index contributed by atoms with van der Waals surface area (Å²) >= 11 is 2.34. The summed E-state index contributed by atoms with van der Waals surface area (Å²) in [5, 5.41) is 0. The average Bonchev–Trinajstić information content (AvgIpc) is 2.35. The van der Waals surface area contributed by atoms with E-state index in [1.54, 1.807) is 0 Å². The summed E-state index contributed by atoms with van der Waals surface area (Å²) in [6.07, 6.45) is 4.34. The minimum Gasteiger partial charge on any atom is -0.454 e. The highest BCUT2D eigenvalue weighted by Gasteiger charge is 2.26. The van der Waals surface area contributed by atoms with E-state index in [2.05, 4.69) is 71.8 Å². The molecular weight excluding hydrogens is 365 g/mol. The zero-order valence-electron chi connectivity index (χ0n) is 11.7. The topological polar surface area (TPSA) is 21.7 Å². The van der Waals surface area contributed by atoms with E-state index in [1.807, 2.05) is 0 Å². The molecule has 1 aromatic carbocycles. The highest BCUT2D eigenvalue weighted by atomic mass is 127. The molecular formula is C16H18INO2. The van der Waals surface area contributed by atoms with Crippen LogP contribution in [0.25, 0.3) is 0 Å². The van der Waals surface area contributed by atoms with Crippen LogP contribution in [0.2, 0.25) is 0 Å². The maximum Gasteiger partial charge on any atom is 0.156 e. The number of benzene rings is 1. The minimum atomic E-state index is 0.493. The fraction of sp³-hybridized carbons (Fsp3) is 0.375. The molecule has 0 aromatic heterocycles. The Morgan fingerprint density at radius 1 is 1.25 bits per heavy atom. The average molecular weight is 383 g/mol. The van der Waals surface area contributed by atoms with E-state index in [0.717, 1.165) is 31.3 Å². The van der Waals surface area contributed by atoms with Crippen molar-refractivity contribution in [1.29, 1.82) is 0 Å². The molecule has 1 saturated heterocycles. The highest BCUT2D eigenvalue weighted by Crippen LogP contribution is 2.31. The number of hydrogen-bond acceptors (Lipinski definition) is 3. The molecule has 0 aliphatic carbocycles. The summed E-state index contributed by atoms with van der Waals surface area (Å²) in [6.45, 7) is 6.74. The van der Waals surface area contributed by atoms with E-state index in [4.69, 9.17) is 9.47 Å². The Labute approximate surface area is 133 Å². The van der Waals surface area contributed by atoms with Crippen molar-refractivity contribution in [2.45, 2.75) is 19.9 Å². The van der Waals surface area contributed by atoms with Crippen molar-refractivity contribution in [3.63, 3.8) is 0 Å². The predicted molar refractivity (Wildman–Crippen MR) is 88.0 cm³/mol. The maximum atomic E-state index is 6.18. The van der Waals surface area contributed by atoms with E-state index in [1.165, 1.54) is 14.7 Å². The van der Waals surface area contributed by atoms with Gasteiger partial charge in [0, 0.05) is 12.7 Å². The molecule has 3 rings (SSSR count). The number of nitrogens with zero attached hydrogens (tertiary/aromatic N) is 1. The number of hydrogen-bond donors (Lipinski definition) is 0. The second-order valence-electron chi connectivity index (χ2n) is 5.26. The van der Waals surface area contributed by atoms with Crippen LogP contribution >= 0.6 is 22.6 Å². The third-order valence-electron chi connectivity index (χ3n) is 3.71. The number of para-hydroxylation sites is 1. The molecule has 4 heteroatoms. The summed E-state index contributed by atoms with van der Waals surface area (Å²) in [5.41, 5.74) is 2.33. The second kappa shape index (κ2) is 5.77. The van der Waals surface area contributed by atoms with Crippen LogP contribution in [0.15, 0.2) is 39.8 Å². The van der Waals surface area contributed by atoms with Gasteiger partial charge in [0.15, 0.2) is 5.76 Å². The van der Waals surface area contributed by atoms with E-state index in [0.29, 0.717) is 6.04 Å². The van der Waals surface area contributed by atoms with Gasteiger partial charge in [-0.25, -0.2) is 0 Å². The van der Waals surface area contributed by atoms with E-state index < -0.39 is 0 Å². The molecule has 2 aliphatic rings. The molecule has 0 N–H and O–H groups in total. The summed E-state index contributed by atoms with van der Waals surface area (Å²) in [5.74, 6) is 1.90. The molecule has 106 valence electrons. The lowest BCUT2D eigenvalue weighted by Crippen LogP contribution is -2.47. The van der Waals surface area contributed by atoms with Crippen molar-refractivity contribution in [2.75, 3.05) is 19.8 Å². The second-order valence-corrected chi connectivity index (χ2v) is 6.42. The monoisotopic (exact) mass is 383 g/mol. The van der Waals surface area contributed by atoms with Gasteiger partial charge in [0.1, 0.15) is 5.75 Å². The molecule has 0 saturated carbocycles. The highest BCUT2D eigenvalue weighted by molar-refractivity contribution is 14.1. The Balaban J connectivity index is 1.84. The first kappa shape index (κ1) is 13.9. The third-order valence-corrected chi connectivity index (χ3v) is 4.68. The quantitative estimate of drug-likeness (QED) is 0.746. The van der Waals surface area contributed by atoms with Gasteiger partial charge in [-0.1, -0.05) is 18.2 Å². The fourth-order valence-corrected chi connectivity index (χ4v) is 2.81. The first-order chi connectivity index (χ1) is 9.65. The lowest BCUT2D eigenvalue weighted by molar-refractivity contribution is -0.0465. The Morgan fingerprint density at radius 2 is 1.95 bits per heavy atom. The Kier molecular flexibility index (Phi) is 4.03. The van der Waals surface area contributed by atoms with E-state index >= 15 is 0 Å². The van der Waals surface area contributed by atoms with Gasteiger partial charge in [0.2, 0.25) is 0 Å². The van der Waals surface area contributed by atoms with Crippen LogP contribution in [0.3, 0.4) is 0 Å². The van der Waals surface area contributed by atoms with Gasteiger partial charge < -0.3 is 14.4 Å². The largest absolute Gasteiger partial charge is 0.454 e. The minimum absolute atomic E-state index is 0.493. The van der Waals surface area contributed by atoms with Crippen LogP contribution in [0.5, 0.6) is 5.75 Å². The zero-order chi connectivity index (χ0) is 14.1. The molecule has 1 aromatic rings. The predicted octanol–water partition coefficient (Wildman–Crippen LogP) is 3.56. The Bertz CT molecular complexity index is 556. The van der Waals surface area contributed by atoms with Gasteiger partial charge in [0.05, 0.1) is 22.8 Å². The van der Waals surface area contributed by atoms with Crippen LogP contribution in [0.1, 0.15) is 11.1 Å². The van der Waals surface area contributed by atoms with Crippen molar-refractivity contribution in [2.24, 2.45) is 0 Å². The number of rotatable bonds is 3. The van der Waals surface area contributed by atoms with Gasteiger partial charge in [-0.2, -0.15) is 0 Å². The molecule has 1 fully saturated rings. The van der Waals surface area contributed by atoms with E-state index in [9.17, 15) is 0 Å². The lowest BCUT2D eigenvalue weighted by atomic mass is 10.1. The van der Waals surface area contributed by atoms with Crippen molar-refractivity contribution in [3.8, 4) is 5.75 Å². The maximum absolute atomic E-state index is 6.18. The molecule has 2 heterocycles. The van der Waals surface area contributed by atoms with Crippen molar-refractivity contribution < 1.29 is 9.47 Å². The first-order valence-corrected chi connectivity index (χ1v) is 7.88. The van der Waals surface area contributed by atoms with Crippen molar-refractivity contribution in [3.05, 3.63) is 50.9 Å². The third kappa shape index (κ3) is 2.72. The van der Waals surface area contributed by atoms with Crippen molar-refractivity contribution >= 4 is 22.6 Å². The molecule has 2 aliphatic heterocycles. The SMILES string of the molecule is Cc1cccc(C)c1OC1=CN(C2COC2)CC=C1I.